The number of nitrogens with two attached hydrogens (primary N) is 1. The molecule has 0 amide bonds. The highest BCUT2D eigenvalue weighted by Crippen LogP contribution is 2.38. The predicted octanol–water partition coefficient (Wildman–Crippen LogP) is 1.13. The van der Waals surface area contributed by atoms with Gasteiger partial charge in [0.25, 0.3) is 0 Å². The molecule has 3 N–H and O–H groups in total. The van der Waals surface area contributed by atoms with Crippen LogP contribution in [0, 0.1) is 0 Å². The molecular formula is C12H19N3O2. The number of hydrogen-bond acceptors (Lipinski definition) is 3. The Balaban J connectivity index is 2.38. The van der Waals surface area contributed by atoms with Crippen molar-refractivity contribution in [2.24, 2.45) is 5.73 Å². The van der Waals surface area contributed by atoms with E-state index in [1.165, 1.54) is 0 Å². The van der Waals surface area contributed by atoms with Crippen LogP contribution in [-0.4, -0.2) is 26.7 Å². The van der Waals surface area contributed by atoms with Crippen LogP contribution < -0.4 is 5.73 Å². The molecule has 5 heteroatoms. The molecule has 17 heavy (non-hydrogen) atoms. The summed E-state index contributed by atoms with van der Waals surface area (Å²) in [5.41, 5.74) is 5.02. The average molecular weight is 237 g/mol. The fourth-order valence-corrected chi connectivity index (χ4v) is 2.65. The first-order valence-corrected chi connectivity index (χ1v) is 6.10. The number of carboxylic acids is 1. The minimum atomic E-state index is -0.838. The lowest BCUT2D eigenvalue weighted by atomic mass is 9.72. The van der Waals surface area contributed by atoms with Crippen LogP contribution in [0.1, 0.15) is 38.4 Å². The highest BCUT2D eigenvalue weighted by Gasteiger charge is 2.45. The zero-order valence-corrected chi connectivity index (χ0v) is 10.1. The Morgan fingerprint density at radius 1 is 1.65 bits per heavy atom. The van der Waals surface area contributed by atoms with Crippen molar-refractivity contribution >= 4 is 5.97 Å². The monoisotopic (exact) mass is 237 g/mol. The van der Waals surface area contributed by atoms with Crippen LogP contribution in [0.5, 0.6) is 0 Å². The lowest BCUT2D eigenvalue weighted by molar-refractivity contribution is -0.145. The lowest BCUT2D eigenvalue weighted by Crippen LogP contribution is -2.44. The Morgan fingerprint density at radius 2 is 2.29 bits per heavy atom. The topological polar surface area (TPSA) is 81.1 Å². The van der Waals surface area contributed by atoms with Gasteiger partial charge < -0.3 is 15.4 Å². The van der Waals surface area contributed by atoms with E-state index >= 15 is 0 Å². The van der Waals surface area contributed by atoms with Crippen molar-refractivity contribution in [3.63, 3.8) is 0 Å². The smallest absolute Gasteiger partial charge is 0.317 e. The van der Waals surface area contributed by atoms with Crippen molar-refractivity contribution in [2.45, 2.75) is 50.6 Å². The first kappa shape index (κ1) is 12.1. The minimum absolute atomic E-state index is 0.132. The van der Waals surface area contributed by atoms with Gasteiger partial charge in [-0.15, -0.1) is 0 Å². The largest absolute Gasteiger partial charge is 0.480 e. The van der Waals surface area contributed by atoms with Crippen LogP contribution in [0.15, 0.2) is 12.4 Å². The number of aliphatic carboxylic acids is 1. The number of hydrogen-bond donors (Lipinski definition) is 2. The summed E-state index contributed by atoms with van der Waals surface area (Å²) < 4.78 is 1.92. The molecule has 0 bridgehead atoms. The van der Waals surface area contributed by atoms with Gasteiger partial charge in [-0.3, -0.25) is 4.79 Å². The van der Waals surface area contributed by atoms with Crippen LogP contribution >= 0.6 is 0 Å². The number of aromatic nitrogens is 2. The van der Waals surface area contributed by atoms with E-state index in [-0.39, 0.29) is 6.04 Å². The Bertz CT molecular complexity index is 406. The van der Waals surface area contributed by atoms with Gasteiger partial charge in [0.15, 0.2) is 0 Å². The van der Waals surface area contributed by atoms with Gasteiger partial charge in [-0.25, -0.2) is 4.98 Å². The van der Waals surface area contributed by atoms with Crippen molar-refractivity contribution in [1.82, 2.24) is 9.55 Å². The molecule has 1 aromatic rings. The number of carboxylic acid groups (broad SMARTS) is 1. The molecule has 1 fully saturated rings. The summed E-state index contributed by atoms with van der Waals surface area (Å²) in [4.78, 5) is 15.9. The van der Waals surface area contributed by atoms with Crippen LogP contribution in [-0.2, 0) is 16.8 Å². The summed E-state index contributed by atoms with van der Waals surface area (Å²) in [5, 5.41) is 9.57. The van der Waals surface area contributed by atoms with E-state index in [1.807, 2.05) is 17.7 Å². The second kappa shape index (κ2) is 4.49. The molecule has 5 nitrogen and oxygen atoms in total. The standard InChI is InChI=1S/C12H19N3O2/c1-2-15-8-7-14-10(15)12(11(16)17)5-3-9(13)4-6-12/h7-9H,2-6,13H2,1H3,(H,16,17). The molecule has 0 aromatic carbocycles. The maximum absolute atomic E-state index is 11.7. The van der Waals surface area contributed by atoms with Crippen molar-refractivity contribution in [1.29, 1.82) is 0 Å². The second-order valence-corrected chi connectivity index (χ2v) is 4.76. The lowest BCUT2D eigenvalue weighted by Gasteiger charge is -2.35. The van der Waals surface area contributed by atoms with Gasteiger partial charge >= 0.3 is 5.97 Å². The van der Waals surface area contributed by atoms with Crippen molar-refractivity contribution < 1.29 is 9.90 Å². The normalized spacial score (nSPS) is 29.2. The third-order valence-electron chi connectivity index (χ3n) is 3.78. The number of imidazole rings is 1. The van der Waals surface area contributed by atoms with E-state index in [0.717, 1.165) is 19.4 Å². The Labute approximate surface area is 101 Å². The predicted molar refractivity (Wildman–Crippen MR) is 63.7 cm³/mol. The van der Waals surface area contributed by atoms with Crippen LogP contribution in [0.3, 0.4) is 0 Å². The Morgan fingerprint density at radius 3 is 2.82 bits per heavy atom. The molecule has 0 aliphatic heterocycles. The van der Waals surface area contributed by atoms with Gasteiger partial charge in [0, 0.05) is 25.0 Å². The molecule has 2 rings (SSSR count). The van der Waals surface area contributed by atoms with Gasteiger partial charge in [-0.05, 0) is 32.6 Å². The summed E-state index contributed by atoms with van der Waals surface area (Å²) in [7, 11) is 0. The first-order chi connectivity index (χ1) is 8.10. The molecule has 1 aliphatic carbocycles. The molecule has 1 aliphatic rings. The van der Waals surface area contributed by atoms with Crippen molar-refractivity contribution in [3.8, 4) is 0 Å². The van der Waals surface area contributed by atoms with E-state index in [0.29, 0.717) is 18.7 Å². The molecule has 94 valence electrons. The summed E-state index contributed by atoms with van der Waals surface area (Å²) in [6.45, 7) is 2.74. The summed E-state index contributed by atoms with van der Waals surface area (Å²) in [6.07, 6.45) is 6.19. The van der Waals surface area contributed by atoms with Gasteiger partial charge in [0.05, 0.1) is 0 Å². The fourth-order valence-electron chi connectivity index (χ4n) is 2.65. The van der Waals surface area contributed by atoms with E-state index in [9.17, 15) is 9.90 Å². The molecule has 0 radical (unpaired) electrons. The third kappa shape index (κ3) is 1.95. The van der Waals surface area contributed by atoms with Crippen molar-refractivity contribution in [2.75, 3.05) is 0 Å². The molecule has 0 saturated heterocycles. The maximum Gasteiger partial charge on any atom is 0.317 e. The Kier molecular flexibility index (Phi) is 3.19. The zero-order valence-electron chi connectivity index (χ0n) is 10.1. The highest BCUT2D eigenvalue weighted by atomic mass is 16.4. The number of rotatable bonds is 3. The van der Waals surface area contributed by atoms with Crippen LogP contribution in [0.4, 0.5) is 0 Å². The van der Waals surface area contributed by atoms with E-state index in [1.54, 1.807) is 6.20 Å². The second-order valence-electron chi connectivity index (χ2n) is 4.76. The van der Waals surface area contributed by atoms with Gasteiger partial charge in [0.2, 0.25) is 0 Å². The zero-order chi connectivity index (χ0) is 12.5. The summed E-state index contributed by atoms with van der Waals surface area (Å²) in [6, 6.07) is 0.132. The molecule has 1 aromatic heterocycles. The molecule has 1 heterocycles. The SMILES string of the molecule is CCn1ccnc1C1(C(=O)O)CCC(N)CC1. The van der Waals surface area contributed by atoms with Gasteiger partial charge in [-0.1, -0.05) is 0 Å². The fraction of sp³-hybridized carbons (Fsp3) is 0.667. The molecule has 0 atom stereocenters. The van der Waals surface area contributed by atoms with Crippen LogP contribution in [0.25, 0.3) is 0 Å². The molecular weight excluding hydrogens is 218 g/mol. The molecule has 0 unspecified atom stereocenters. The first-order valence-electron chi connectivity index (χ1n) is 6.10. The maximum atomic E-state index is 11.7. The summed E-state index contributed by atoms with van der Waals surface area (Å²) >= 11 is 0. The highest BCUT2D eigenvalue weighted by molar-refractivity contribution is 5.80. The van der Waals surface area contributed by atoms with Crippen molar-refractivity contribution in [3.05, 3.63) is 18.2 Å². The van der Waals surface area contributed by atoms with Crippen LogP contribution in [0.2, 0.25) is 0 Å². The van der Waals surface area contributed by atoms with E-state index in [4.69, 9.17) is 5.73 Å². The molecule has 0 spiro atoms. The summed E-state index contributed by atoms with van der Waals surface area (Å²) in [5.74, 6) is -0.0929. The van der Waals surface area contributed by atoms with E-state index < -0.39 is 11.4 Å². The number of aryl methyl sites for hydroxylation is 1. The minimum Gasteiger partial charge on any atom is -0.480 e. The quantitative estimate of drug-likeness (QED) is 0.825. The third-order valence-corrected chi connectivity index (χ3v) is 3.78. The average Bonchev–Trinajstić information content (AvgIpc) is 2.78. The van der Waals surface area contributed by atoms with E-state index in [2.05, 4.69) is 4.98 Å². The van der Waals surface area contributed by atoms with Gasteiger partial charge in [-0.2, -0.15) is 0 Å². The molecule has 1 saturated carbocycles. The Hall–Kier alpha value is -1.36. The number of nitrogens with zero attached hydrogens (tertiary/aromatic N) is 2. The van der Waals surface area contributed by atoms with Gasteiger partial charge in [0.1, 0.15) is 11.2 Å². The number of carbonyl (C=O) groups is 1.